The number of aryl methyl sites for hydroxylation is 1. The molecule has 2 aromatic rings. The van der Waals surface area contributed by atoms with Gasteiger partial charge in [0, 0.05) is 6.42 Å². The smallest absolute Gasteiger partial charge is 0.156 e. The third kappa shape index (κ3) is 1.99. The Hall–Kier alpha value is -1.62. The number of aromatic nitrogens is 4. The number of tetrazole rings is 1. The Labute approximate surface area is 98.2 Å². The average Bonchev–Trinajstić information content (AvgIpc) is 2.71. The molecule has 0 spiro atoms. The molecule has 0 aliphatic heterocycles. The van der Waals surface area contributed by atoms with Crippen molar-refractivity contribution in [2.45, 2.75) is 19.8 Å². The zero-order valence-electron chi connectivity index (χ0n) is 8.89. The van der Waals surface area contributed by atoms with E-state index in [0.29, 0.717) is 10.7 Å². The average molecular weight is 238 g/mol. The first kappa shape index (κ1) is 10.9. The maximum absolute atomic E-state index is 5.95. The first-order valence-corrected chi connectivity index (χ1v) is 5.43. The van der Waals surface area contributed by atoms with Crippen LogP contribution in [-0.4, -0.2) is 20.2 Å². The molecule has 1 aromatic carbocycles. The number of rotatable bonds is 3. The lowest BCUT2D eigenvalue weighted by Crippen LogP contribution is -2.03. The summed E-state index contributed by atoms with van der Waals surface area (Å²) in [5, 5.41) is 12.1. The van der Waals surface area contributed by atoms with Crippen LogP contribution < -0.4 is 5.73 Å². The van der Waals surface area contributed by atoms with E-state index in [1.165, 1.54) is 0 Å². The highest BCUT2D eigenvalue weighted by Crippen LogP contribution is 2.22. The van der Waals surface area contributed by atoms with Gasteiger partial charge < -0.3 is 5.73 Å². The van der Waals surface area contributed by atoms with Crippen LogP contribution in [0.15, 0.2) is 18.2 Å². The topological polar surface area (TPSA) is 69.6 Å². The standard InChI is InChI=1S/C10H12ClN5/c1-2-3-10-13-14-15-16(10)7-4-5-9(12)8(11)6-7/h4-6H,2-3,12H2,1H3. The van der Waals surface area contributed by atoms with Crippen LogP contribution >= 0.6 is 11.6 Å². The number of hydrogen-bond donors (Lipinski definition) is 1. The van der Waals surface area contributed by atoms with Crippen molar-refractivity contribution in [3.05, 3.63) is 29.0 Å². The van der Waals surface area contributed by atoms with Gasteiger partial charge in [0.1, 0.15) is 0 Å². The summed E-state index contributed by atoms with van der Waals surface area (Å²) >= 11 is 5.95. The van der Waals surface area contributed by atoms with E-state index < -0.39 is 0 Å². The molecule has 0 aliphatic rings. The van der Waals surface area contributed by atoms with Crippen LogP contribution in [0.3, 0.4) is 0 Å². The monoisotopic (exact) mass is 237 g/mol. The van der Waals surface area contributed by atoms with Crippen molar-refractivity contribution >= 4 is 17.3 Å². The van der Waals surface area contributed by atoms with Crippen molar-refractivity contribution in [1.29, 1.82) is 0 Å². The zero-order valence-corrected chi connectivity index (χ0v) is 9.65. The second-order valence-electron chi connectivity index (χ2n) is 3.46. The van der Waals surface area contributed by atoms with E-state index in [0.717, 1.165) is 24.4 Å². The van der Waals surface area contributed by atoms with Gasteiger partial charge in [0.15, 0.2) is 5.82 Å². The summed E-state index contributed by atoms with van der Waals surface area (Å²) in [6, 6.07) is 5.35. The van der Waals surface area contributed by atoms with Crippen LogP contribution in [0.25, 0.3) is 5.69 Å². The molecule has 0 unspecified atom stereocenters. The van der Waals surface area contributed by atoms with Crippen molar-refractivity contribution in [1.82, 2.24) is 20.2 Å². The van der Waals surface area contributed by atoms with E-state index >= 15 is 0 Å². The molecular weight excluding hydrogens is 226 g/mol. The molecule has 2 rings (SSSR count). The Morgan fingerprint density at radius 2 is 2.25 bits per heavy atom. The Balaban J connectivity index is 2.42. The highest BCUT2D eigenvalue weighted by Gasteiger charge is 2.08. The third-order valence-corrected chi connectivity index (χ3v) is 2.56. The van der Waals surface area contributed by atoms with Crippen LogP contribution in [-0.2, 0) is 6.42 Å². The fourth-order valence-electron chi connectivity index (χ4n) is 1.43. The van der Waals surface area contributed by atoms with E-state index in [1.807, 2.05) is 6.07 Å². The normalized spacial score (nSPS) is 10.6. The summed E-state index contributed by atoms with van der Waals surface area (Å²) in [6.45, 7) is 2.08. The summed E-state index contributed by atoms with van der Waals surface area (Å²) in [6.07, 6.45) is 1.82. The summed E-state index contributed by atoms with van der Waals surface area (Å²) in [7, 11) is 0. The summed E-state index contributed by atoms with van der Waals surface area (Å²) in [5.41, 5.74) is 7.02. The van der Waals surface area contributed by atoms with E-state index in [2.05, 4.69) is 22.4 Å². The second-order valence-corrected chi connectivity index (χ2v) is 3.87. The minimum atomic E-state index is 0.510. The molecule has 6 heteroatoms. The lowest BCUT2D eigenvalue weighted by molar-refractivity contribution is 0.745. The molecule has 0 atom stereocenters. The summed E-state index contributed by atoms with van der Waals surface area (Å²) in [4.78, 5) is 0. The van der Waals surface area contributed by atoms with Crippen molar-refractivity contribution in [2.24, 2.45) is 0 Å². The third-order valence-electron chi connectivity index (χ3n) is 2.24. The fraction of sp³-hybridized carbons (Fsp3) is 0.300. The lowest BCUT2D eigenvalue weighted by Gasteiger charge is -2.05. The minimum absolute atomic E-state index is 0.510. The van der Waals surface area contributed by atoms with Crippen LogP contribution in [0.5, 0.6) is 0 Å². The van der Waals surface area contributed by atoms with Gasteiger partial charge >= 0.3 is 0 Å². The number of anilines is 1. The lowest BCUT2D eigenvalue weighted by atomic mass is 10.2. The van der Waals surface area contributed by atoms with Crippen molar-refractivity contribution in [3.63, 3.8) is 0 Å². The fourth-order valence-corrected chi connectivity index (χ4v) is 1.61. The van der Waals surface area contributed by atoms with Gasteiger partial charge in [-0.1, -0.05) is 18.5 Å². The van der Waals surface area contributed by atoms with Crippen LogP contribution in [0.1, 0.15) is 19.2 Å². The van der Waals surface area contributed by atoms with Gasteiger partial charge in [-0.2, -0.15) is 4.68 Å². The molecule has 2 N–H and O–H groups in total. The molecule has 0 amide bonds. The van der Waals surface area contributed by atoms with Crippen LogP contribution in [0.2, 0.25) is 5.02 Å². The van der Waals surface area contributed by atoms with Crippen molar-refractivity contribution in [3.8, 4) is 5.69 Å². The molecule has 1 heterocycles. The van der Waals surface area contributed by atoms with Crippen LogP contribution in [0.4, 0.5) is 5.69 Å². The van der Waals surface area contributed by atoms with Gasteiger partial charge in [0.05, 0.1) is 16.4 Å². The molecule has 0 saturated heterocycles. The Kier molecular flexibility index (Phi) is 3.05. The molecule has 0 fully saturated rings. The van der Waals surface area contributed by atoms with E-state index in [4.69, 9.17) is 17.3 Å². The molecule has 16 heavy (non-hydrogen) atoms. The second kappa shape index (κ2) is 4.49. The number of benzene rings is 1. The molecule has 1 aromatic heterocycles. The maximum Gasteiger partial charge on any atom is 0.156 e. The predicted octanol–water partition coefficient (Wildman–Crippen LogP) is 1.85. The molecule has 0 bridgehead atoms. The predicted molar refractivity (Wildman–Crippen MR) is 62.6 cm³/mol. The first-order valence-electron chi connectivity index (χ1n) is 5.05. The minimum Gasteiger partial charge on any atom is -0.398 e. The van der Waals surface area contributed by atoms with Crippen molar-refractivity contribution in [2.75, 3.05) is 5.73 Å². The number of hydrogen-bond acceptors (Lipinski definition) is 4. The van der Waals surface area contributed by atoms with E-state index in [9.17, 15) is 0 Å². The SMILES string of the molecule is CCCc1nnnn1-c1ccc(N)c(Cl)c1. The maximum atomic E-state index is 5.95. The van der Waals surface area contributed by atoms with E-state index in [1.54, 1.807) is 16.8 Å². The van der Waals surface area contributed by atoms with Gasteiger partial charge in [-0.25, -0.2) is 0 Å². The molecule has 0 saturated carbocycles. The molecular formula is C10H12ClN5. The van der Waals surface area contributed by atoms with Gasteiger partial charge in [0.25, 0.3) is 0 Å². The number of nitrogen functional groups attached to an aromatic ring is 1. The van der Waals surface area contributed by atoms with Crippen LogP contribution in [0, 0.1) is 0 Å². The number of nitrogens with two attached hydrogens (primary N) is 1. The summed E-state index contributed by atoms with van der Waals surface area (Å²) < 4.78 is 1.68. The Morgan fingerprint density at radius 3 is 2.94 bits per heavy atom. The van der Waals surface area contributed by atoms with Gasteiger partial charge in [-0.3, -0.25) is 0 Å². The Bertz CT molecular complexity index is 494. The highest BCUT2D eigenvalue weighted by molar-refractivity contribution is 6.33. The Morgan fingerprint density at radius 1 is 1.44 bits per heavy atom. The number of nitrogens with zero attached hydrogens (tertiary/aromatic N) is 4. The molecule has 0 radical (unpaired) electrons. The largest absolute Gasteiger partial charge is 0.398 e. The quantitative estimate of drug-likeness (QED) is 0.828. The van der Waals surface area contributed by atoms with Gasteiger partial charge in [-0.05, 0) is 35.0 Å². The van der Waals surface area contributed by atoms with Gasteiger partial charge in [-0.15, -0.1) is 5.10 Å². The van der Waals surface area contributed by atoms with Gasteiger partial charge in [0.2, 0.25) is 0 Å². The highest BCUT2D eigenvalue weighted by atomic mass is 35.5. The number of halogens is 1. The van der Waals surface area contributed by atoms with Crippen molar-refractivity contribution < 1.29 is 0 Å². The zero-order chi connectivity index (χ0) is 11.5. The molecule has 5 nitrogen and oxygen atoms in total. The molecule has 84 valence electrons. The summed E-state index contributed by atoms with van der Waals surface area (Å²) in [5.74, 6) is 0.823. The van der Waals surface area contributed by atoms with E-state index in [-0.39, 0.29) is 0 Å². The molecule has 0 aliphatic carbocycles. The first-order chi connectivity index (χ1) is 7.72.